The maximum Gasteiger partial charge on any atom is 0.426 e. The summed E-state index contributed by atoms with van der Waals surface area (Å²) in [6.07, 6.45) is -12.6. The van der Waals surface area contributed by atoms with Crippen LogP contribution in [0.25, 0.3) is 0 Å². The van der Waals surface area contributed by atoms with E-state index in [9.17, 15) is 31.1 Å². The summed E-state index contributed by atoms with van der Waals surface area (Å²) in [5.41, 5.74) is -4.30. The van der Waals surface area contributed by atoms with Gasteiger partial charge in [-0.1, -0.05) is 13.8 Å². The van der Waals surface area contributed by atoms with Crippen LogP contribution in [-0.4, -0.2) is 42.9 Å². The molecular weight excluding hydrogens is 418 g/mol. The average molecular weight is 446 g/mol. The molecule has 4 nitrogen and oxygen atoms in total. The zero-order valence-corrected chi connectivity index (χ0v) is 17.0. The van der Waals surface area contributed by atoms with Gasteiger partial charge in [0.25, 0.3) is 5.60 Å². The summed E-state index contributed by atoms with van der Waals surface area (Å²) < 4.78 is 98.9. The topological polar surface area (TPSA) is 44.8 Å². The summed E-state index contributed by atoms with van der Waals surface area (Å²) in [5, 5.41) is 0. The molecule has 3 fully saturated rings. The van der Waals surface area contributed by atoms with E-state index in [2.05, 4.69) is 0 Å². The number of rotatable bonds is 6. The van der Waals surface area contributed by atoms with E-state index in [1.807, 2.05) is 0 Å². The molecule has 2 bridgehead atoms. The van der Waals surface area contributed by atoms with Crippen LogP contribution >= 0.6 is 0 Å². The molecule has 0 aromatic carbocycles. The molecular formula is C20H28F6O4. The van der Waals surface area contributed by atoms with Gasteiger partial charge >= 0.3 is 18.3 Å². The van der Waals surface area contributed by atoms with Gasteiger partial charge in [0.1, 0.15) is 6.10 Å². The SMILES string of the molecule is CC(C)C(=O)OC1CC2CC(CC(OC3CCCCO3)(C(F)(F)F)C(F)(F)F)C1C2. The van der Waals surface area contributed by atoms with Crippen LogP contribution in [0.15, 0.2) is 0 Å². The summed E-state index contributed by atoms with van der Waals surface area (Å²) in [5.74, 6) is -2.39. The van der Waals surface area contributed by atoms with Crippen molar-refractivity contribution in [1.29, 1.82) is 0 Å². The quantitative estimate of drug-likeness (QED) is 0.405. The lowest BCUT2D eigenvalue weighted by Crippen LogP contribution is -2.62. The molecule has 1 saturated heterocycles. The van der Waals surface area contributed by atoms with Crippen molar-refractivity contribution in [3.05, 3.63) is 0 Å². The molecule has 5 atom stereocenters. The van der Waals surface area contributed by atoms with Crippen LogP contribution in [-0.2, 0) is 19.0 Å². The Labute approximate surface area is 171 Å². The van der Waals surface area contributed by atoms with E-state index in [1.165, 1.54) is 0 Å². The number of carbonyl (C=O) groups is 1. The number of hydrogen-bond donors (Lipinski definition) is 0. The van der Waals surface area contributed by atoms with E-state index in [0.29, 0.717) is 25.7 Å². The molecule has 10 heteroatoms. The van der Waals surface area contributed by atoms with Crippen LogP contribution in [0.3, 0.4) is 0 Å². The predicted molar refractivity (Wildman–Crippen MR) is 93.2 cm³/mol. The minimum absolute atomic E-state index is 0.0146. The average Bonchev–Trinajstić information content (AvgIpc) is 3.19. The Hall–Kier alpha value is -1.03. The van der Waals surface area contributed by atoms with Crippen molar-refractivity contribution in [3.8, 4) is 0 Å². The Balaban J connectivity index is 1.83. The fraction of sp³-hybridized carbons (Fsp3) is 0.950. The highest BCUT2D eigenvalue weighted by molar-refractivity contribution is 5.71. The maximum absolute atomic E-state index is 13.9. The Kier molecular flexibility index (Phi) is 6.68. The zero-order valence-electron chi connectivity index (χ0n) is 17.0. The number of carbonyl (C=O) groups excluding carboxylic acids is 1. The van der Waals surface area contributed by atoms with Crippen molar-refractivity contribution in [2.45, 2.75) is 89.1 Å². The molecule has 0 aromatic heterocycles. The molecule has 3 aliphatic rings. The van der Waals surface area contributed by atoms with E-state index in [0.717, 1.165) is 0 Å². The van der Waals surface area contributed by atoms with Crippen LogP contribution in [0.5, 0.6) is 0 Å². The zero-order chi connectivity index (χ0) is 22.3. The molecule has 2 saturated carbocycles. The minimum Gasteiger partial charge on any atom is -0.462 e. The third kappa shape index (κ3) is 4.59. The number of fused-ring (bicyclic) bond motifs is 2. The van der Waals surface area contributed by atoms with Gasteiger partial charge < -0.3 is 14.2 Å². The highest BCUT2D eigenvalue weighted by Crippen LogP contribution is 2.57. The van der Waals surface area contributed by atoms with E-state index in [-0.39, 0.29) is 25.4 Å². The van der Waals surface area contributed by atoms with Crippen molar-refractivity contribution in [3.63, 3.8) is 0 Å². The van der Waals surface area contributed by atoms with Crippen LogP contribution in [0.4, 0.5) is 26.3 Å². The van der Waals surface area contributed by atoms with Crippen LogP contribution in [0.1, 0.15) is 58.8 Å². The Morgan fingerprint density at radius 3 is 2.20 bits per heavy atom. The molecule has 2 aliphatic carbocycles. The lowest BCUT2D eigenvalue weighted by Gasteiger charge is -2.43. The van der Waals surface area contributed by atoms with Gasteiger partial charge in [0, 0.05) is 6.61 Å². The third-order valence-corrected chi connectivity index (χ3v) is 6.57. The van der Waals surface area contributed by atoms with Gasteiger partial charge in [0.2, 0.25) is 0 Å². The summed E-state index contributed by atoms with van der Waals surface area (Å²) in [7, 11) is 0. The molecule has 5 unspecified atom stereocenters. The summed E-state index contributed by atoms with van der Waals surface area (Å²) >= 11 is 0. The molecule has 1 heterocycles. The molecule has 0 spiro atoms. The molecule has 0 radical (unpaired) electrons. The lowest BCUT2D eigenvalue weighted by molar-refractivity contribution is -0.416. The van der Waals surface area contributed by atoms with Crippen LogP contribution in [0.2, 0.25) is 0 Å². The van der Waals surface area contributed by atoms with E-state index >= 15 is 0 Å². The van der Waals surface area contributed by atoms with Gasteiger partial charge in [0.05, 0.1) is 5.92 Å². The van der Waals surface area contributed by atoms with Gasteiger partial charge in [-0.3, -0.25) is 4.79 Å². The van der Waals surface area contributed by atoms with Crippen molar-refractivity contribution in [2.24, 2.45) is 23.7 Å². The first kappa shape index (κ1) is 23.6. The first-order chi connectivity index (χ1) is 13.8. The molecule has 30 heavy (non-hydrogen) atoms. The monoisotopic (exact) mass is 446 g/mol. The smallest absolute Gasteiger partial charge is 0.426 e. The lowest BCUT2D eigenvalue weighted by atomic mass is 9.78. The second-order valence-corrected chi connectivity index (χ2v) is 9.07. The van der Waals surface area contributed by atoms with Gasteiger partial charge in [0.15, 0.2) is 6.29 Å². The molecule has 174 valence electrons. The summed E-state index contributed by atoms with van der Waals surface area (Å²) in [4.78, 5) is 11.9. The second kappa shape index (κ2) is 8.48. The predicted octanol–water partition coefficient (Wildman–Crippen LogP) is 5.40. The number of esters is 1. The van der Waals surface area contributed by atoms with E-state index in [4.69, 9.17) is 14.2 Å². The van der Waals surface area contributed by atoms with Crippen LogP contribution < -0.4 is 0 Å². The third-order valence-electron chi connectivity index (χ3n) is 6.57. The van der Waals surface area contributed by atoms with Gasteiger partial charge in [-0.25, -0.2) is 0 Å². The van der Waals surface area contributed by atoms with E-state index in [1.54, 1.807) is 13.8 Å². The van der Waals surface area contributed by atoms with Gasteiger partial charge in [-0.2, -0.15) is 26.3 Å². The molecule has 1 aliphatic heterocycles. The summed E-state index contributed by atoms with van der Waals surface area (Å²) in [6.45, 7) is 3.32. The Morgan fingerprint density at radius 1 is 1.03 bits per heavy atom. The number of hydrogen-bond acceptors (Lipinski definition) is 4. The van der Waals surface area contributed by atoms with Gasteiger partial charge in [-0.15, -0.1) is 0 Å². The van der Waals surface area contributed by atoms with Crippen molar-refractivity contribution < 1.29 is 45.3 Å². The van der Waals surface area contributed by atoms with E-state index < -0.39 is 60.5 Å². The Bertz CT molecular complexity index is 597. The minimum atomic E-state index is -5.65. The van der Waals surface area contributed by atoms with Gasteiger partial charge in [-0.05, 0) is 62.7 Å². The molecule has 0 N–H and O–H groups in total. The van der Waals surface area contributed by atoms with Crippen molar-refractivity contribution in [1.82, 2.24) is 0 Å². The second-order valence-electron chi connectivity index (χ2n) is 9.07. The van der Waals surface area contributed by atoms with Crippen molar-refractivity contribution in [2.75, 3.05) is 6.61 Å². The highest BCUT2D eigenvalue weighted by Gasteiger charge is 2.74. The summed E-state index contributed by atoms with van der Waals surface area (Å²) in [6, 6.07) is 0. The number of halogens is 6. The Morgan fingerprint density at radius 2 is 1.70 bits per heavy atom. The van der Waals surface area contributed by atoms with Crippen LogP contribution in [0, 0.1) is 23.7 Å². The van der Waals surface area contributed by atoms with Crippen molar-refractivity contribution >= 4 is 5.97 Å². The maximum atomic E-state index is 13.9. The standard InChI is InChI=1S/C20H28F6O4/c1-11(2)17(27)29-15-9-12-7-13(14(15)8-12)10-18(19(21,22)23,20(24,25)26)30-16-5-3-4-6-28-16/h11-16H,3-10H2,1-2H3. The number of alkyl halides is 6. The number of ether oxygens (including phenoxy) is 3. The fourth-order valence-electron chi connectivity index (χ4n) is 5.05. The molecule has 3 rings (SSSR count). The largest absolute Gasteiger partial charge is 0.462 e. The normalized spacial score (nSPS) is 32.6. The molecule has 0 aromatic rings. The fourth-order valence-corrected chi connectivity index (χ4v) is 5.05. The molecule has 0 amide bonds. The first-order valence-corrected chi connectivity index (χ1v) is 10.5. The first-order valence-electron chi connectivity index (χ1n) is 10.5. The highest BCUT2D eigenvalue weighted by atomic mass is 19.4.